The van der Waals surface area contributed by atoms with Crippen molar-refractivity contribution in [3.8, 4) is 0 Å². The number of hydrogen-bond donors (Lipinski definition) is 1. The highest BCUT2D eigenvalue weighted by atomic mass is 16.6. The summed E-state index contributed by atoms with van der Waals surface area (Å²) in [5, 5.41) is 22.4. The number of nitro groups is 1. The van der Waals surface area contributed by atoms with Gasteiger partial charge in [0, 0.05) is 24.2 Å². The van der Waals surface area contributed by atoms with Gasteiger partial charge in [-0.1, -0.05) is 71.7 Å². The first-order valence-electron chi connectivity index (χ1n) is 14.4. The molecule has 1 saturated heterocycles. The fraction of sp³-hybridized carbons (Fsp3) is 0.500. The molecule has 0 bridgehead atoms. The van der Waals surface area contributed by atoms with Crippen molar-refractivity contribution in [2.75, 3.05) is 26.2 Å². The lowest BCUT2D eigenvalue weighted by atomic mass is 9.85. The molecule has 1 N–H and O–H groups in total. The highest BCUT2D eigenvalue weighted by Gasteiger charge is 2.45. The zero-order chi connectivity index (χ0) is 29.4. The highest BCUT2D eigenvalue weighted by Crippen LogP contribution is 2.40. The molecule has 1 fully saturated rings. The van der Waals surface area contributed by atoms with E-state index in [1.54, 1.807) is 4.90 Å². The maximum atomic E-state index is 13.4. The van der Waals surface area contributed by atoms with Gasteiger partial charge in [-0.3, -0.25) is 19.7 Å². The lowest BCUT2D eigenvalue weighted by molar-refractivity contribution is -0.384. The maximum Gasteiger partial charge on any atom is 0.295 e. The second-order valence-corrected chi connectivity index (χ2v) is 11.6. The number of benzene rings is 2. The number of hydrogen-bond acceptors (Lipinski definition) is 6. The van der Waals surface area contributed by atoms with E-state index in [4.69, 9.17) is 0 Å². The van der Waals surface area contributed by atoms with Gasteiger partial charge in [0.1, 0.15) is 5.76 Å². The Bertz CT molecular complexity index is 1200. The van der Waals surface area contributed by atoms with Gasteiger partial charge in [0.05, 0.1) is 16.5 Å². The van der Waals surface area contributed by atoms with Crippen molar-refractivity contribution in [1.82, 2.24) is 9.80 Å². The Labute approximate surface area is 237 Å². The third-order valence-electron chi connectivity index (χ3n) is 7.51. The average molecular weight is 550 g/mol. The first-order chi connectivity index (χ1) is 19.0. The summed E-state index contributed by atoms with van der Waals surface area (Å²) in [6.07, 6.45) is 5.16. The number of carbonyl (C=O) groups is 2. The predicted molar refractivity (Wildman–Crippen MR) is 158 cm³/mol. The molecule has 0 radical (unpaired) electrons. The first kappa shape index (κ1) is 31.0. The van der Waals surface area contributed by atoms with E-state index in [-0.39, 0.29) is 28.0 Å². The predicted octanol–water partition coefficient (Wildman–Crippen LogP) is 6.61. The Morgan fingerprint density at radius 1 is 0.925 bits per heavy atom. The van der Waals surface area contributed by atoms with Crippen molar-refractivity contribution in [3.05, 3.63) is 80.9 Å². The number of amides is 1. The van der Waals surface area contributed by atoms with E-state index in [0.29, 0.717) is 13.0 Å². The number of unbranched alkanes of at least 4 members (excludes halogenated alkanes) is 2. The summed E-state index contributed by atoms with van der Waals surface area (Å²) in [5.41, 5.74) is 1.93. The minimum Gasteiger partial charge on any atom is -0.507 e. The molecule has 8 heteroatoms. The fourth-order valence-electron chi connectivity index (χ4n) is 5.08. The van der Waals surface area contributed by atoms with Crippen molar-refractivity contribution >= 4 is 23.1 Å². The van der Waals surface area contributed by atoms with E-state index < -0.39 is 22.7 Å². The molecule has 0 saturated carbocycles. The van der Waals surface area contributed by atoms with Crippen LogP contribution in [0.4, 0.5) is 5.69 Å². The molecule has 1 aliphatic heterocycles. The SMILES string of the molecule is CCCCN(CCCC)CCCN1C(=O)C(=O)/C(=C(\O)c2ccc([N+](=O)[O-])cc2)C1c1ccc(C(C)(C)C)cc1. The van der Waals surface area contributed by atoms with Crippen molar-refractivity contribution in [2.45, 2.75) is 78.2 Å². The van der Waals surface area contributed by atoms with Crippen LogP contribution in [0.3, 0.4) is 0 Å². The average Bonchev–Trinajstić information content (AvgIpc) is 3.18. The molecular weight excluding hydrogens is 506 g/mol. The second kappa shape index (κ2) is 13.7. The van der Waals surface area contributed by atoms with Crippen LogP contribution in [0.1, 0.15) is 89.5 Å². The number of carbonyl (C=O) groups excluding carboxylic acids is 2. The van der Waals surface area contributed by atoms with Crippen molar-refractivity contribution in [3.63, 3.8) is 0 Å². The quantitative estimate of drug-likeness (QED) is 0.0992. The van der Waals surface area contributed by atoms with Crippen LogP contribution in [0, 0.1) is 10.1 Å². The van der Waals surface area contributed by atoms with E-state index in [1.165, 1.54) is 24.3 Å². The molecule has 8 nitrogen and oxygen atoms in total. The molecule has 2 aromatic carbocycles. The molecule has 2 aromatic rings. The van der Waals surface area contributed by atoms with Gasteiger partial charge < -0.3 is 14.9 Å². The molecule has 1 unspecified atom stereocenters. The number of non-ortho nitro benzene ring substituents is 1. The summed E-state index contributed by atoms with van der Waals surface area (Å²) >= 11 is 0. The second-order valence-electron chi connectivity index (χ2n) is 11.6. The van der Waals surface area contributed by atoms with E-state index in [1.807, 2.05) is 24.3 Å². The molecule has 0 spiro atoms. The summed E-state index contributed by atoms with van der Waals surface area (Å²) in [5.74, 6) is -1.70. The van der Waals surface area contributed by atoms with Gasteiger partial charge in [-0.15, -0.1) is 0 Å². The van der Waals surface area contributed by atoms with Crippen molar-refractivity contribution < 1.29 is 19.6 Å². The minimum absolute atomic E-state index is 0.0104. The lowest BCUT2D eigenvalue weighted by Crippen LogP contribution is -2.34. The Hall–Kier alpha value is -3.52. The molecule has 3 rings (SSSR count). The fourth-order valence-corrected chi connectivity index (χ4v) is 5.08. The molecule has 0 aromatic heterocycles. The molecule has 1 aliphatic rings. The summed E-state index contributed by atoms with van der Waals surface area (Å²) in [6.45, 7) is 13.9. The third kappa shape index (κ3) is 7.36. The van der Waals surface area contributed by atoms with E-state index in [2.05, 4.69) is 39.5 Å². The Morgan fingerprint density at radius 2 is 1.48 bits per heavy atom. The highest BCUT2D eigenvalue weighted by molar-refractivity contribution is 6.46. The number of nitrogens with zero attached hydrogens (tertiary/aromatic N) is 3. The van der Waals surface area contributed by atoms with Gasteiger partial charge in [-0.05, 0) is 67.6 Å². The Morgan fingerprint density at radius 3 is 1.98 bits per heavy atom. The first-order valence-corrected chi connectivity index (χ1v) is 14.4. The number of nitro benzene ring substituents is 1. The van der Waals surface area contributed by atoms with Crippen LogP contribution in [0.15, 0.2) is 54.1 Å². The van der Waals surface area contributed by atoms with Gasteiger partial charge >= 0.3 is 0 Å². The Kier molecular flexibility index (Phi) is 10.6. The number of aliphatic hydroxyl groups is 1. The van der Waals surface area contributed by atoms with E-state index in [0.717, 1.165) is 56.4 Å². The van der Waals surface area contributed by atoms with Gasteiger partial charge in [0.15, 0.2) is 0 Å². The minimum atomic E-state index is -0.746. The van der Waals surface area contributed by atoms with E-state index >= 15 is 0 Å². The zero-order valence-electron chi connectivity index (χ0n) is 24.5. The molecule has 216 valence electrons. The van der Waals surface area contributed by atoms with Gasteiger partial charge in [-0.25, -0.2) is 0 Å². The van der Waals surface area contributed by atoms with Gasteiger partial charge in [0.25, 0.3) is 17.4 Å². The van der Waals surface area contributed by atoms with Crippen LogP contribution in [0.2, 0.25) is 0 Å². The topological polar surface area (TPSA) is 104 Å². The smallest absolute Gasteiger partial charge is 0.295 e. The van der Waals surface area contributed by atoms with Crippen LogP contribution in [0.25, 0.3) is 5.76 Å². The molecule has 1 heterocycles. The Balaban J connectivity index is 1.98. The van der Waals surface area contributed by atoms with Crippen molar-refractivity contribution in [2.24, 2.45) is 0 Å². The van der Waals surface area contributed by atoms with Crippen LogP contribution in [-0.4, -0.2) is 57.7 Å². The van der Waals surface area contributed by atoms with E-state index in [9.17, 15) is 24.8 Å². The number of Topliss-reactive ketones (excluding diaryl/α,β-unsaturated/α-hetero) is 1. The molecule has 0 aliphatic carbocycles. The molecule has 1 atom stereocenters. The molecular formula is C32H43N3O5. The van der Waals surface area contributed by atoms with Crippen LogP contribution in [0.5, 0.6) is 0 Å². The van der Waals surface area contributed by atoms with Crippen LogP contribution in [-0.2, 0) is 15.0 Å². The number of rotatable bonds is 13. The summed E-state index contributed by atoms with van der Waals surface area (Å²) in [7, 11) is 0. The summed E-state index contributed by atoms with van der Waals surface area (Å²) < 4.78 is 0. The third-order valence-corrected chi connectivity index (χ3v) is 7.51. The number of ketones is 1. The molecule has 40 heavy (non-hydrogen) atoms. The van der Waals surface area contributed by atoms with Crippen LogP contribution < -0.4 is 0 Å². The normalized spacial score (nSPS) is 17.1. The van der Waals surface area contributed by atoms with Gasteiger partial charge in [0.2, 0.25) is 0 Å². The zero-order valence-corrected chi connectivity index (χ0v) is 24.5. The maximum absolute atomic E-state index is 13.4. The monoisotopic (exact) mass is 549 g/mol. The number of aliphatic hydroxyl groups excluding tert-OH is 1. The number of likely N-dealkylation sites (tertiary alicyclic amines) is 1. The van der Waals surface area contributed by atoms with Crippen molar-refractivity contribution in [1.29, 1.82) is 0 Å². The summed E-state index contributed by atoms with van der Waals surface area (Å²) in [6, 6.07) is 12.4. The van der Waals surface area contributed by atoms with Crippen LogP contribution >= 0.6 is 0 Å². The molecule has 1 amide bonds. The standard InChI is InChI=1S/C32H43N3O5/c1-6-8-19-33(20-9-7-2)21-10-22-34-28(23-11-15-25(16-12-23)32(3,4)5)27(30(37)31(34)38)29(36)24-13-17-26(18-14-24)35(39)40/h11-18,28,36H,6-10,19-22H2,1-5H3/b29-27-. The summed E-state index contributed by atoms with van der Waals surface area (Å²) in [4.78, 5) is 41.3. The largest absolute Gasteiger partial charge is 0.507 e. The van der Waals surface area contributed by atoms with Gasteiger partial charge in [-0.2, -0.15) is 0 Å². The lowest BCUT2D eigenvalue weighted by Gasteiger charge is -2.28.